The van der Waals surface area contributed by atoms with Crippen LogP contribution in [-0.2, 0) is 11.8 Å². The zero-order valence-electron chi connectivity index (χ0n) is 13.0. The molecule has 0 saturated carbocycles. The first-order chi connectivity index (χ1) is 10.9. The molecule has 0 aliphatic rings. The predicted molar refractivity (Wildman–Crippen MR) is 86.9 cm³/mol. The molecule has 2 rings (SSSR count). The van der Waals surface area contributed by atoms with Gasteiger partial charge in [0.05, 0.1) is 13.7 Å². The predicted octanol–water partition coefficient (Wildman–Crippen LogP) is 1.76. The van der Waals surface area contributed by atoms with Crippen molar-refractivity contribution in [2.75, 3.05) is 19.0 Å². The molecule has 1 aromatic carbocycles. The quantitative estimate of drug-likeness (QED) is 0.871. The number of aromatic nitrogens is 2. The second-order valence-electron chi connectivity index (χ2n) is 4.87. The van der Waals surface area contributed by atoms with Crippen molar-refractivity contribution in [3.05, 3.63) is 40.5 Å². The van der Waals surface area contributed by atoms with E-state index in [2.05, 4.69) is 15.7 Å². The summed E-state index contributed by atoms with van der Waals surface area (Å²) in [5, 5.41) is 9.77. The third kappa shape index (κ3) is 4.01. The number of hydrogen-bond donors (Lipinski definition) is 2. The van der Waals surface area contributed by atoms with Crippen LogP contribution in [0.3, 0.4) is 0 Å². The highest BCUT2D eigenvalue weighted by Gasteiger charge is 2.17. The van der Waals surface area contributed by atoms with Gasteiger partial charge in [0.25, 0.3) is 5.91 Å². The standard InChI is InChI=1S/C15H17ClN4O3/c1-9-11(16)5-4-6-12(9)18-13(21)7-17-14(22)10-8-20(2)19-15(10)23-3/h4-6,8H,7H2,1-3H3,(H,17,22)(H,18,21). The van der Waals surface area contributed by atoms with Crippen LogP contribution >= 0.6 is 11.6 Å². The number of aryl methyl sites for hydroxylation is 1. The monoisotopic (exact) mass is 336 g/mol. The van der Waals surface area contributed by atoms with Crippen LogP contribution in [0.15, 0.2) is 24.4 Å². The second-order valence-corrected chi connectivity index (χ2v) is 5.28. The first-order valence-electron chi connectivity index (χ1n) is 6.83. The zero-order chi connectivity index (χ0) is 17.0. The lowest BCUT2D eigenvalue weighted by Gasteiger charge is -2.10. The van der Waals surface area contributed by atoms with E-state index < -0.39 is 5.91 Å². The van der Waals surface area contributed by atoms with Gasteiger partial charge in [-0.25, -0.2) is 0 Å². The Bertz CT molecular complexity index is 742. The molecule has 7 nitrogen and oxygen atoms in total. The molecule has 1 heterocycles. The average Bonchev–Trinajstić information content (AvgIpc) is 2.90. The molecular formula is C15H17ClN4O3. The van der Waals surface area contributed by atoms with Gasteiger partial charge in [-0.2, -0.15) is 0 Å². The van der Waals surface area contributed by atoms with E-state index in [-0.39, 0.29) is 23.9 Å². The van der Waals surface area contributed by atoms with Crippen LogP contribution in [-0.4, -0.2) is 35.2 Å². The van der Waals surface area contributed by atoms with Gasteiger partial charge in [0.15, 0.2) is 0 Å². The Morgan fingerprint density at radius 3 is 2.83 bits per heavy atom. The summed E-state index contributed by atoms with van der Waals surface area (Å²) in [6.45, 7) is 1.62. The van der Waals surface area contributed by atoms with Gasteiger partial charge in [-0.1, -0.05) is 17.7 Å². The van der Waals surface area contributed by atoms with Crippen LogP contribution in [0.2, 0.25) is 5.02 Å². The molecule has 2 N–H and O–H groups in total. The number of nitrogens with zero attached hydrogens (tertiary/aromatic N) is 2. The Morgan fingerprint density at radius 2 is 2.13 bits per heavy atom. The van der Waals surface area contributed by atoms with Gasteiger partial charge >= 0.3 is 0 Å². The van der Waals surface area contributed by atoms with Crippen LogP contribution < -0.4 is 15.4 Å². The largest absolute Gasteiger partial charge is 0.479 e. The summed E-state index contributed by atoms with van der Waals surface area (Å²) in [7, 11) is 3.10. The Kier molecular flexibility index (Phi) is 5.23. The normalized spacial score (nSPS) is 10.3. The number of methoxy groups -OCH3 is 1. The molecule has 0 saturated heterocycles. The van der Waals surface area contributed by atoms with E-state index in [0.717, 1.165) is 5.56 Å². The summed E-state index contributed by atoms with van der Waals surface area (Å²) >= 11 is 6.00. The van der Waals surface area contributed by atoms with E-state index in [0.29, 0.717) is 10.7 Å². The number of carbonyl (C=O) groups excluding carboxylic acids is 2. The number of carbonyl (C=O) groups is 2. The first kappa shape index (κ1) is 16.8. The molecule has 0 atom stereocenters. The number of rotatable bonds is 5. The van der Waals surface area contributed by atoms with Gasteiger partial charge in [0, 0.05) is 24.0 Å². The number of amides is 2. The highest BCUT2D eigenvalue weighted by Crippen LogP contribution is 2.22. The van der Waals surface area contributed by atoms with E-state index in [1.807, 2.05) is 0 Å². The second kappa shape index (κ2) is 7.15. The minimum Gasteiger partial charge on any atom is -0.479 e. The molecule has 0 spiro atoms. The van der Waals surface area contributed by atoms with Crippen LogP contribution in [0.5, 0.6) is 5.88 Å². The van der Waals surface area contributed by atoms with Crippen molar-refractivity contribution in [3.63, 3.8) is 0 Å². The van der Waals surface area contributed by atoms with Crippen molar-refractivity contribution >= 4 is 29.1 Å². The van der Waals surface area contributed by atoms with Gasteiger partial charge < -0.3 is 15.4 Å². The highest BCUT2D eigenvalue weighted by atomic mass is 35.5. The maximum absolute atomic E-state index is 12.1. The smallest absolute Gasteiger partial charge is 0.258 e. The summed E-state index contributed by atoms with van der Waals surface area (Å²) in [5.41, 5.74) is 1.64. The number of hydrogen-bond acceptors (Lipinski definition) is 4. The van der Waals surface area contributed by atoms with Crippen molar-refractivity contribution in [1.82, 2.24) is 15.1 Å². The SMILES string of the molecule is COc1nn(C)cc1C(=O)NCC(=O)Nc1cccc(Cl)c1C. The van der Waals surface area contributed by atoms with E-state index in [4.69, 9.17) is 16.3 Å². The summed E-state index contributed by atoms with van der Waals surface area (Å²) in [6, 6.07) is 5.22. The van der Waals surface area contributed by atoms with Crippen LogP contribution in [0.1, 0.15) is 15.9 Å². The number of ether oxygens (including phenoxy) is 1. The van der Waals surface area contributed by atoms with Gasteiger partial charge in [0.2, 0.25) is 11.8 Å². The molecule has 8 heteroatoms. The number of halogens is 1. The summed E-state index contributed by atoms with van der Waals surface area (Å²) < 4.78 is 6.47. The van der Waals surface area contributed by atoms with E-state index in [9.17, 15) is 9.59 Å². The van der Waals surface area contributed by atoms with Crippen molar-refractivity contribution in [2.24, 2.45) is 7.05 Å². The Balaban J connectivity index is 1.96. The van der Waals surface area contributed by atoms with E-state index in [1.165, 1.54) is 18.0 Å². The lowest BCUT2D eigenvalue weighted by atomic mass is 10.2. The lowest BCUT2D eigenvalue weighted by molar-refractivity contribution is -0.115. The van der Waals surface area contributed by atoms with E-state index >= 15 is 0 Å². The number of benzene rings is 1. The Labute approximate surface area is 138 Å². The third-order valence-corrected chi connectivity index (χ3v) is 3.59. The van der Waals surface area contributed by atoms with Gasteiger partial charge in [-0.15, -0.1) is 5.10 Å². The summed E-state index contributed by atoms with van der Waals surface area (Å²) in [4.78, 5) is 24.0. The third-order valence-electron chi connectivity index (χ3n) is 3.18. The fourth-order valence-electron chi connectivity index (χ4n) is 1.97. The summed E-state index contributed by atoms with van der Waals surface area (Å²) in [5.74, 6) is -0.587. The lowest BCUT2D eigenvalue weighted by Crippen LogP contribution is -2.33. The summed E-state index contributed by atoms with van der Waals surface area (Å²) in [6.07, 6.45) is 1.52. The van der Waals surface area contributed by atoms with Crippen molar-refractivity contribution in [2.45, 2.75) is 6.92 Å². The molecule has 2 aromatic rings. The molecule has 0 radical (unpaired) electrons. The fraction of sp³-hybridized carbons (Fsp3) is 0.267. The minimum absolute atomic E-state index is 0.178. The molecule has 0 fully saturated rings. The molecule has 1 aromatic heterocycles. The molecule has 122 valence electrons. The topological polar surface area (TPSA) is 85.2 Å². The van der Waals surface area contributed by atoms with E-state index in [1.54, 1.807) is 32.2 Å². The molecule has 0 aliphatic heterocycles. The molecule has 0 unspecified atom stereocenters. The Morgan fingerprint density at radius 1 is 1.39 bits per heavy atom. The molecule has 2 amide bonds. The maximum Gasteiger partial charge on any atom is 0.258 e. The van der Waals surface area contributed by atoms with Gasteiger partial charge in [-0.3, -0.25) is 14.3 Å². The van der Waals surface area contributed by atoms with Crippen LogP contribution in [0, 0.1) is 6.92 Å². The Hall–Kier alpha value is -2.54. The maximum atomic E-state index is 12.1. The van der Waals surface area contributed by atoms with Crippen molar-refractivity contribution in [1.29, 1.82) is 0 Å². The fourth-order valence-corrected chi connectivity index (χ4v) is 2.14. The first-order valence-corrected chi connectivity index (χ1v) is 7.21. The average molecular weight is 337 g/mol. The van der Waals surface area contributed by atoms with Crippen LogP contribution in [0.4, 0.5) is 5.69 Å². The van der Waals surface area contributed by atoms with Crippen molar-refractivity contribution < 1.29 is 14.3 Å². The van der Waals surface area contributed by atoms with Crippen molar-refractivity contribution in [3.8, 4) is 5.88 Å². The highest BCUT2D eigenvalue weighted by molar-refractivity contribution is 6.31. The molecule has 23 heavy (non-hydrogen) atoms. The molecular weight excluding hydrogens is 320 g/mol. The van der Waals surface area contributed by atoms with Gasteiger partial charge in [0.1, 0.15) is 5.56 Å². The zero-order valence-corrected chi connectivity index (χ0v) is 13.8. The molecule has 0 aliphatic carbocycles. The number of anilines is 1. The van der Waals surface area contributed by atoms with Gasteiger partial charge in [-0.05, 0) is 24.6 Å². The molecule has 0 bridgehead atoms. The number of nitrogens with one attached hydrogen (secondary N) is 2. The minimum atomic E-state index is -0.437. The van der Waals surface area contributed by atoms with Crippen LogP contribution in [0.25, 0.3) is 0 Å².